The molecule has 0 saturated heterocycles. The molecule has 2 N–H and O–H groups in total. The quantitative estimate of drug-likeness (QED) is 0.735. The van der Waals surface area contributed by atoms with Gasteiger partial charge in [-0.25, -0.2) is 9.78 Å². The highest BCUT2D eigenvalue weighted by molar-refractivity contribution is 5.91. The fourth-order valence-electron chi connectivity index (χ4n) is 0.975. The molecule has 0 unspecified atom stereocenters. The first kappa shape index (κ1) is 11.2. The number of carbonyl (C=O) groups excluding carboxylic acids is 1. The summed E-state index contributed by atoms with van der Waals surface area (Å²) in [6.45, 7) is 4.18. The Bertz CT molecular complexity index is 354. The normalized spacial score (nSPS) is 9.73. The molecule has 6 nitrogen and oxygen atoms in total. The predicted octanol–water partition coefficient (Wildman–Crippen LogP) is 0.634. The summed E-state index contributed by atoms with van der Waals surface area (Å²) in [4.78, 5) is 18.9. The van der Waals surface area contributed by atoms with Gasteiger partial charge in [-0.3, -0.25) is 0 Å². The topological polar surface area (TPSA) is 87.3 Å². The molecule has 1 heterocycles. The van der Waals surface area contributed by atoms with E-state index in [9.17, 15) is 4.79 Å². The molecule has 1 aromatic heterocycles. The van der Waals surface area contributed by atoms with Crippen LogP contribution in [0.3, 0.4) is 0 Å². The lowest BCUT2D eigenvalue weighted by atomic mass is 10.3. The Morgan fingerprint density at radius 3 is 2.80 bits per heavy atom. The summed E-state index contributed by atoms with van der Waals surface area (Å²) in [7, 11) is 0. The van der Waals surface area contributed by atoms with E-state index in [2.05, 4.69) is 9.97 Å². The van der Waals surface area contributed by atoms with Crippen LogP contribution in [0.15, 0.2) is 6.20 Å². The van der Waals surface area contributed by atoms with E-state index in [4.69, 9.17) is 15.2 Å². The molecule has 0 aliphatic carbocycles. The Labute approximate surface area is 87.4 Å². The molecule has 0 amide bonds. The maximum atomic E-state index is 11.4. The summed E-state index contributed by atoms with van der Waals surface area (Å²) in [5.41, 5.74) is 5.57. The number of carbonyl (C=O) groups is 1. The zero-order valence-electron chi connectivity index (χ0n) is 8.69. The van der Waals surface area contributed by atoms with Gasteiger partial charge in [0.2, 0.25) is 11.8 Å². The summed E-state index contributed by atoms with van der Waals surface area (Å²) >= 11 is 0. The Hall–Kier alpha value is -1.85. The maximum Gasteiger partial charge on any atom is 0.345 e. The average Bonchev–Trinajstić information content (AvgIpc) is 2.18. The minimum Gasteiger partial charge on any atom is -0.477 e. The molecule has 15 heavy (non-hydrogen) atoms. The van der Waals surface area contributed by atoms with E-state index < -0.39 is 5.97 Å². The Kier molecular flexibility index (Phi) is 3.84. The van der Waals surface area contributed by atoms with Crippen molar-refractivity contribution in [2.24, 2.45) is 0 Å². The molecule has 6 heteroatoms. The summed E-state index contributed by atoms with van der Waals surface area (Å²) in [5.74, 6) is -0.295. The number of anilines is 1. The van der Waals surface area contributed by atoms with Crippen molar-refractivity contribution in [3.05, 3.63) is 11.8 Å². The molecule has 0 atom stereocenters. The number of nitrogens with zero attached hydrogens (tertiary/aromatic N) is 2. The zero-order valence-corrected chi connectivity index (χ0v) is 8.69. The Morgan fingerprint density at radius 1 is 1.47 bits per heavy atom. The van der Waals surface area contributed by atoms with E-state index in [0.717, 1.165) is 0 Å². The van der Waals surface area contributed by atoms with Crippen LogP contribution in [-0.2, 0) is 4.74 Å². The molecule has 1 rings (SSSR count). The smallest absolute Gasteiger partial charge is 0.345 e. The second kappa shape index (κ2) is 5.14. The van der Waals surface area contributed by atoms with Crippen molar-refractivity contribution >= 4 is 11.9 Å². The second-order valence-electron chi connectivity index (χ2n) is 2.60. The number of nitrogen functional groups attached to an aromatic ring is 1. The molecule has 0 fully saturated rings. The Balaban J connectivity index is 2.99. The minimum atomic E-state index is -0.513. The lowest BCUT2D eigenvalue weighted by Gasteiger charge is -2.07. The number of nitrogens with two attached hydrogens (primary N) is 1. The number of hydrogen-bond acceptors (Lipinski definition) is 6. The first-order valence-electron chi connectivity index (χ1n) is 4.61. The molecule has 0 spiro atoms. The van der Waals surface area contributed by atoms with Gasteiger partial charge in [-0.2, -0.15) is 4.98 Å². The standard InChI is InChI=1S/C9H13N3O3/c1-3-14-7-6(8(13)15-4-2)5-11-9(10)12-7/h5H,3-4H2,1-2H3,(H2,10,11,12). The van der Waals surface area contributed by atoms with Crippen molar-refractivity contribution in [1.29, 1.82) is 0 Å². The minimum absolute atomic E-state index is 0.0616. The number of ether oxygens (including phenoxy) is 2. The molecule has 0 aromatic carbocycles. The fourth-order valence-corrected chi connectivity index (χ4v) is 0.975. The lowest BCUT2D eigenvalue weighted by Crippen LogP contribution is -2.11. The third kappa shape index (κ3) is 2.80. The second-order valence-corrected chi connectivity index (χ2v) is 2.60. The third-order valence-corrected chi connectivity index (χ3v) is 1.55. The van der Waals surface area contributed by atoms with Gasteiger partial charge in [0.1, 0.15) is 5.56 Å². The average molecular weight is 211 g/mol. The maximum absolute atomic E-state index is 11.4. The molecule has 0 bridgehead atoms. The molecule has 1 aromatic rings. The molecule has 0 aliphatic heterocycles. The summed E-state index contributed by atoms with van der Waals surface area (Å²) < 4.78 is 9.97. The van der Waals surface area contributed by atoms with Gasteiger partial charge in [-0.1, -0.05) is 0 Å². The van der Waals surface area contributed by atoms with Crippen molar-refractivity contribution in [3.8, 4) is 5.88 Å². The van der Waals surface area contributed by atoms with E-state index in [1.807, 2.05) is 0 Å². The van der Waals surface area contributed by atoms with Gasteiger partial charge in [0.25, 0.3) is 0 Å². The molecular weight excluding hydrogens is 198 g/mol. The van der Waals surface area contributed by atoms with E-state index >= 15 is 0 Å². The van der Waals surface area contributed by atoms with Crippen molar-refractivity contribution in [3.63, 3.8) is 0 Å². The number of hydrogen-bond donors (Lipinski definition) is 1. The first-order chi connectivity index (χ1) is 7.19. The van der Waals surface area contributed by atoms with Crippen LogP contribution in [0.4, 0.5) is 5.95 Å². The van der Waals surface area contributed by atoms with Crippen LogP contribution in [0, 0.1) is 0 Å². The number of aromatic nitrogens is 2. The summed E-state index contributed by atoms with van der Waals surface area (Å²) in [6, 6.07) is 0. The van der Waals surface area contributed by atoms with Crippen molar-refractivity contribution in [2.45, 2.75) is 13.8 Å². The van der Waals surface area contributed by atoms with Crippen molar-refractivity contribution < 1.29 is 14.3 Å². The van der Waals surface area contributed by atoms with Gasteiger partial charge in [0.05, 0.1) is 19.4 Å². The van der Waals surface area contributed by atoms with Crippen LogP contribution < -0.4 is 10.5 Å². The van der Waals surface area contributed by atoms with Crippen molar-refractivity contribution in [2.75, 3.05) is 18.9 Å². The highest BCUT2D eigenvalue weighted by Crippen LogP contribution is 2.16. The number of rotatable bonds is 4. The van der Waals surface area contributed by atoms with Crippen LogP contribution >= 0.6 is 0 Å². The SMILES string of the molecule is CCOC(=O)c1cnc(N)nc1OCC. The molecule has 0 radical (unpaired) electrons. The third-order valence-electron chi connectivity index (χ3n) is 1.55. The zero-order chi connectivity index (χ0) is 11.3. The van der Waals surface area contributed by atoms with E-state index in [1.165, 1.54) is 6.20 Å². The van der Waals surface area contributed by atoms with E-state index in [0.29, 0.717) is 6.61 Å². The molecule has 82 valence electrons. The van der Waals surface area contributed by atoms with Crippen LogP contribution in [0.25, 0.3) is 0 Å². The summed E-state index contributed by atoms with van der Waals surface area (Å²) in [5, 5.41) is 0. The number of esters is 1. The lowest BCUT2D eigenvalue weighted by molar-refractivity contribution is 0.0520. The highest BCUT2D eigenvalue weighted by Gasteiger charge is 2.16. The largest absolute Gasteiger partial charge is 0.477 e. The Morgan fingerprint density at radius 2 is 2.20 bits per heavy atom. The van der Waals surface area contributed by atoms with Gasteiger partial charge in [-0.15, -0.1) is 0 Å². The highest BCUT2D eigenvalue weighted by atomic mass is 16.5. The van der Waals surface area contributed by atoms with E-state index in [1.54, 1.807) is 13.8 Å². The molecule has 0 saturated carbocycles. The van der Waals surface area contributed by atoms with Gasteiger partial charge in [-0.05, 0) is 13.8 Å². The van der Waals surface area contributed by atoms with Gasteiger partial charge in [0.15, 0.2) is 0 Å². The van der Waals surface area contributed by atoms with Crippen LogP contribution in [0.1, 0.15) is 24.2 Å². The van der Waals surface area contributed by atoms with E-state index in [-0.39, 0.29) is 24.0 Å². The van der Waals surface area contributed by atoms with Gasteiger partial charge >= 0.3 is 5.97 Å². The van der Waals surface area contributed by atoms with Gasteiger partial charge in [0, 0.05) is 0 Å². The summed E-state index contributed by atoms with van der Waals surface area (Å²) in [6.07, 6.45) is 1.30. The van der Waals surface area contributed by atoms with Crippen LogP contribution in [0.2, 0.25) is 0 Å². The fraction of sp³-hybridized carbons (Fsp3) is 0.444. The first-order valence-corrected chi connectivity index (χ1v) is 4.61. The monoisotopic (exact) mass is 211 g/mol. The van der Waals surface area contributed by atoms with Crippen molar-refractivity contribution in [1.82, 2.24) is 9.97 Å². The molecular formula is C9H13N3O3. The van der Waals surface area contributed by atoms with Crippen LogP contribution in [-0.4, -0.2) is 29.2 Å². The molecule has 0 aliphatic rings. The van der Waals surface area contributed by atoms with Gasteiger partial charge < -0.3 is 15.2 Å². The predicted molar refractivity (Wildman–Crippen MR) is 53.6 cm³/mol. The van der Waals surface area contributed by atoms with Crippen LogP contribution in [0.5, 0.6) is 5.88 Å².